The largest absolute Gasteiger partial charge is 0.416 e. The van der Waals surface area contributed by atoms with E-state index in [1.54, 1.807) is 12.3 Å². The minimum absolute atomic E-state index is 0.221. The summed E-state index contributed by atoms with van der Waals surface area (Å²) in [4.78, 5) is 21.3. The highest BCUT2D eigenvalue weighted by Gasteiger charge is 2.30. The van der Waals surface area contributed by atoms with Crippen molar-refractivity contribution in [1.82, 2.24) is 15.0 Å². The van der Waals surface area contributed by atoms with Gasteiger partial charge >= 0.3 is 6.18 Å². The maximum atomic E-state index is 12.5. The van der Waals surface area contributed by atoms with E-state index in [-0.39, 0.29) is 11.4 Å². The Hall–Kier alpha value is -2.57. The second-order valence-corrected chi connectivity index (χ2v) is 4.23. The van der Waals surface area contributed by atoms with Gasteiger partial charge in [0.2, 0.25) is 0 Å². The highest BCUT2D eigenvalue weighted by molar-refractivity contribution is 5.76. The fourth-order valence-corrected chi connectivity index (χ4v) is 1.90. The summed E-state index contributed by atoms with van der Waals surface area (Å²) in [5, 5.41) is 0.403. The molecule has 0 aliphatic heterocycles. The number of nitrogens with one attached hydrogen (secondary N) is 2. The van der Waals surface area contributed by atoms with Crippen LogP contribution in [0.4, 0.5) is 13.2 Å². The Morgan fingerprint density at radius 2 is 1.75 bits per heavy atom. The van der Waals surface area contributed by atoms with Crippen LogP contribution in [0.1, 0.15) is 5.56 Å². The molecule has 0 amide bonds. The first kappa shape index (κ1) is 12.5. The summed E-state index contributed by atoms with van der Waals surface area (Å²) in [6.07, 6.45) is -2.81. The van der Waals surface area contributed by atoms with Gasteiger partial charge in [-0.3, -0.25) is 4.79 Å². The number of alkyl halides is 3. The smallest absolute Gasteiger partial charge is 0.346 e. The zero-order valence-corrected chi connectivity index (χ0v) is 9.95. The fraction of sp³-hybridized carbons (Fsp3) is 0.0769. The quantitative estimate of drug-likeness (QED) is 0.719. The Balaban J connectivity index is 2.09. The predicted octanol–water partition coefficient (Wildman–Crippen LogP) is 2.94. The first-order valence-electron chi connectivity index (χ1n) is 5.70. The normalized spacial score (nSPS) is 11.9. The van der Waals surface area contributed by atoms with Crippen molar-refractivity contribution in [3.8, 4) is 11.4 Å². The van der Waals surface area contributed by atoms with Crippen LogP contribution in [0, 0.1) is 0 Å². The van der Waals surface area contributed by atoms with E-state index in [1.165, 1.54) is 12.1 Å². The molecule has 0 atom stereocenters. The Morgan fingerprint density at radius 3 is 2.40 bits per heavy atom. The first-order valence-corrected chi connectivity index (χ1v) is 5.70. The second kappa shape index (κ2) is 4.22. The highest BCUT2D eigenvalue weighted by Crippen LogP contribution is 2.30. The lowest BCUT2D eigenvalue weighted by molar-refractivity contribution is -0.137. The number of halogens is 3. The number of benzene rings is 1. The summed E-state index contributed by atoms with van der Waals surface area (Å²) in [5.41, 5.74) is -0.286. The minimum atomic E-state index is -4.39. The number of aromatic nitrogens is 3. The second-order valence-electron chi connectivity index (χ2n) is 4.23. The third-order valence-corrected chi connectivity index (χ3v) is 2.91. The molecule has 4 nitrogen and oxygen atoms in total. The molecule has 0 spiro atoms. The van der Waals surface area contributed by atoms with E-state index in [0.29, 0.717) is 16.6 Å². The number of nitrogens with zero attached hydrogens (tertiary/aromatic N) is 1. The van der Waals surface area contributed by atoms with E-state index < -0.39 is 11.7 Å². The van der Waals surface area contributed by atoms with Crippen LogP contribution in [0.3, 0.4) is 0 Å². The molecule has 0 radical (unpaired) electrons. The molecule has 0 aliphatic carbocycles. The van der Waals surface area contributed by atoms with Gasteiger partial charge in [-0.1, -0.05) is 12.1 Å². The van der Waals surface area contributed by atoms with Crippen molar-refractivity contribution in [2.75, 3.05) is 0 Å². The molecule has 3 rings (SSSR count). The standard InChI is InChI=1S/C13H8F3N3O/c14-13(15,16)8-3-1-7(2-4-8)10-18-11-9(5-6-17-11)12(20)19-10/h1-6H,(H2,17,18,19,20). The van der Waals surface area contributed by atoms with Crippen LogP contribution >= 0.6 is 0 Å². The summed E-state index contributed by atoms with van der Waals surface area (Å²) >= 11 is 0. The summed E-state index contributed by atoms with van der Waals surface area (Å²) in [6.45, 7) is 0. The van der Waals surface area contributed by atoms with Gasteiger partial charge in [-0.2, -0.15) is 13.2 Å². The van der Waals surface area contributed by atoms with Crippen molar-refractivity contribution in [3.63, 3.8) is 0 Å². The van der Waals surface area contributed by atoms with E-state index in [9.17, 15) is 18.0 Å². The van der Waals surface area contributed by atoms with E-state index in [1.807, 2.05) is 0 Å². The number of hydrogen-bond donors (Lipinski definition) is 2. The molecule has 0 saturated heterocycles. The third kappa shape index (κ3) is 2.07. The van der Waals surface area contributed by atoms with Crippen LogP contribution in [-0.2, 0) is 6.18 Å². The molecule has 0 saturated carbocycles. The molecule has 7 heteroatoms. The van der Waals surface area contributed by atoms with Gasteiger partial charge in [-0.25, -0.2) is 4.98 Å². The molecule has 1 aromatic carbocycles. The molecule has 0 fully saturated rings. The lowest BCUT2D eigenvalue weighted by Gasteiger charge is -2.07. The average molecular weight is 279 g/mol. The van der Waals surface area contributed by atoms with Crippen LogP contribution < -0.4 is 5.56 Å². The van der Waals surface area contributed by atoms with Gasteiger partial charge in [-0.05, 0) is 18.2 Å². The molecule has 2 aromatic heterocycles. The van der Waals surface area contributed by atoms with E-state index in [0.717, 1.165) is 12.1 Å². The maximum absolute atomic E-state index is 12.5. The van der Waals surface area contributed by atoms with Gasteiger partial charge in [0.25, 0.3) is 5.56 Å². The topological polar surface area (TPSA) is 61.5 Å². The Bertz CT molecular complexity index is 815. The number of rotatable bonds is 1. The number of hydrogen-bond acceptors (Lipinski definition) is 2. The van der Waals surface area contributed by atoms with Gasteiger partial charge in [0, 0.05) is 11.8 Å². The Morgan fingerprint density at radius 1 is 1.05 bits per heavy atom. The molecule has 102 valence electrons. The molecule has 2 N–H and O–H groups in total. The number of fused-ring (bicyclic) bond motifs is 1. The van der Waals surface area contributed by atoms with Crippen LogP contribution in [-0.4, -0.2) is 15.0 Å². The number of H-pyrrole nitrogens is 2. The van der Waals surface area contributed by atoms with Gasteiger partial charge in [0.05, 0.1) is 10.9 Å². The molecule has 0 bridgehead atoms. The van der Waals surface area contributed by atoms with E-state index >= 15 is 0 Å². The van der Waals surface area contributed by atoms with Gasteiger partial charge in [0.1, 0.15) is 11.5 Å². The van der Waals surface area contributed by atoms with Gasteiger partial charge < -0.3 is 9.97 Å². The SMILES string of the molecule is O=c1[nH]c(-c2ccc(C(F)(F)F)cc2)nc2[nH]ccc12. The molecule has 20 heavy (non-hydrogen) atoms. The molecule has 2 heterocycles. The van der Waals surface area contributed by atoms with Crippen molar-refractivity contribution in [2.24, 2.45) is 0 Å². The lowest BCUT2D eigenvalue weighted by atomic mass is 10.1. The van der Waals surface area contributed by atoms with Crippen LogP contribution in [0.2, 0.25) is 0 Å². The van der Waals surface area contributed by atoms with Crippen molar-refractivity contribution in [1.29, 1.82) is 0 Å². The fourth-order valence-electron chi connectivity index (χ4n) is 1.90. The summed E-state index contributed by atoms with van der Waals surface area (Å²) in [7, 11) is 0. The summed E-state index contributed by atoms with van der Waals surface area (Å²) < 4.78 is 37.4. The molecular weight excluding hydrogens is 271 g/mol. The monoisotopic (exact) mass is 279 g/mol. The molecule has 0 aliphatic rings. The molecule has 3 aromatic rings. The van der Waals surface area contributed by atoms with Gasteiger partial charge in [0.15, 0.2) is 0 Å². The highest BCUT2D eigenvalue weighted by atomic mass is 19.4. The van der Waals surface area contributed by atoms with Crippen molar-refractivity contribution in [3.05, 3.63) is 52.4 Å². The minimum Gasteiger partial charge on any atom is -0.346 e. The third-order valence-electron chi connectivity index (χ3n) is 2.91. The van der Waals surface area contributed by atoms with Crippen LogP contribution in [0.15, 0.2) is 41.3 Å². The molecule has 0 unspecified atom stereocenters. The Kier molecular flexibility index (Phi) is 2.63. The zero-order valence-electron chi connectivity index (χ0n) is 9.95. The number of aromatic amines is 2. The van der Waals surface area contributed by atoms with Crippen LogP contribution in [0.5, 0.6) is 0 Å². The Labute approximate surface area is 110 Å². The maximum Gasteiger partial charge on any atom is 0.416 e. The zero-order chi connectivity index (χ0) is 14.3. The van der Waals surface area contributed by atoms with E-state index in [2.05, 4.69) is 15.0 Å². The van der Waals surface area contributed by atoms with Crippen molar-refractivity contribution < 1.29 is 13.2 Å². The van der Waals surface area contributed by atoms with Gasteiger partial charge in [-0.15, -0.1) is 0 Å². The first-order chi connectivity index (χ1) is 9.45. The van der Waals surface area contributed by atoms with Crippen molar-refractivity contribution in [2.45, 2.75) is 6.18 Å². The lowest BCUT2D eigenvalue weighted by Crippen LogP contribution is -2.09. The van der Waals surface area contributed by atoms with E-state index in [4.69, 9.17) is 0 Å². The van der Waals surface area contributed by atoms with Crippen molar-refractivity contribution >= 4 is 11.0 Å². The summed E-state index contributed by atoms with van der Waals surface area (Å²) in [6, 6.07) is 6.03. The predicted molar refractivity (Wildman–Crippen MR) is 67.2 cm³/mol. The van der Waals surface area contributed by atoms with Crippen LogP contribution in [0.25, 0.3) is 22.4 Å². The summed E-state index contributed by atoms with van der Waals surface area (Å²) in [5.74, 6) is 0.221. The molecular formula is C13H8F3N3O. The average Bonchev–Trinajstić information content (AvgIpc) is 2.86.